The summed E-state index contributed by atoms with van der Waals surface area (Å²) in [6.07, 6.45) is 5.81. The molecule has 0 aliphatic carbocycles. The largest absolute Gasteiger partial charge is 0.300 e. The van der Waals surface area contributed by atoms with Crippen LogP contribution in [-0.4, -0.2) is 5.78 Å². The Morgan fingerprint density at radius 1 is 1.45 bits per heavy atom. The monoisotopic (exact) mass is 154 g/mol. The van der Waals surface area contributed by atoms with Crippen molar-refractivity contribution in [2.24, 2.45) is 5.41 Å². The summed E-state index contributed by atoms with van der Waals surface area (Å²) in [6.45, 7) is 7.89. The highest BCUT2D eigenvalue weighted by atomic mass is 16.1. The summed E-state index contributed by atoms with van der Waals surface area (Å²) >= 11 is 0. The van der Waals surface area contributed by atoms with Crippen molar-refractivity contribution < 1.29 is 4.79 Å². The van der Waals surface area contributed by atoms with Gasteiger partial charge in [0.25, 0.3) is 0 Å². The molecule has 1 heteroatoms. The molecule has 0 saturated carbocycles. The number of hydrogen-bond donors (Lipinski definition) is 0. The third-order valence-corrected chi connectivity index (χ3v) is 1.63. The number of ketones is 1. The first-order valence-corrected chi connectivity index (χ1v) is 4.08. The Kier molecular flexibility index (Phi) is 4.09. The fourth-order valence-corrected chi connectivity index (χ4v) is 1.18. The van der Waals surface area contributed by atoms with Crippen LogP contribution in [0, 0.1) is 5.41 Å². The molecule has 1 nitrogen and oxygen atoms in total. The van der Waals surface area contributed by atoms with E-state index < -0.39 is 0 Å². The first kappa shape index (κ1) is 10.4. The van der Waals surface area contributed by atoms with E-state index in [-0.39, 0.29) is 11.2 Å². The first-order valence-electron chi connectivity index (χ1n) is 4.08. The van der Waals surface area contributed by atoms with Gasteiger partial charge in [0.1, 0.15) is 5.78 Å². The highest BCUT2D eigenvalue weighted by molar-refractivity contribution is 5.76. The third kappa shape index (κ3) is 5.84. The van der Waals surface area contributed by atoms with Gasteiger partial charge < -0.3 is 4.79 Å². The third-order valence-electron chi connectivity index (χ3n) is 1.63. The Labute approximate surface area is 69.5 Å². The van der Waals surface area contributed by atoms with Crippen LogP contribution >= 0.6 is 0 Å². The smallest absolute Gasteiger partial charge is 0.130 e. The molecule has 0 heterocycles. The predicted octanol–water partition coefficient (Wildman–Crippen LogP) is 2.96. The molecule has 0 aromatic carbocycles. The van der Waals surface area contributed by atoms with Crippen LogP contribution in [0.15, 0.2) is 12.2 Å². The van der Waals surface area contributed by atoms with Crippen LogP contribution in [0.3, 0.4) is 0 Å². The molecule has 0 spiro atoms. The second-order valence-electron chi connectivity index (χ2n) is 3.82. The van der Waals surface area contributed by atoms with Crippen molar-refractivity contribution in [2.45, 2.75) is 40.5 Å². The van der Waals surface area contributed by atoms with Gasteiger partial charge in [-0.2, -0.15) is 0 Å². The number of rotatable bonds is 4. The Morgan fingerprint density at radius 3 is 2.36 bits per heavy atom. The van der Waals surface area contributed by atoms with Gasteiger partial charge in [0, 0.05) is 6.42 Å². The summed E-state index contributed by atoms with van der Waals surface area (Å²) in [5, 5.41) is 0. The lowest BCUT2D eigenvalue weighted by Gasteiger charge is -2.20. The average Bonchev–Trinajstić information content (AvgIpc) is 1.81. The lowest BCUT2D eigenvalue weighted by molar-refractivity contribution is -0.118. The van der Waals surface area contributed by atoms with Crippen molar-refractivity contribution in [3.8, 4) is 0 Å². The Balaban J connectivity index is 3.89. The molecule has 64 valence electrons. The molecule has 0 aliphatic rings. The van der Waals surface area contributed by atoms with Gasteiger partial charge in [0.15, 0.2) is 0 Å². The van der Waals surface area contributed by atoms with E-state index in [0.29, 0.717) is 6.42 Å². The lowest BCUT2D eigenvalue weighted by atomic mass is 9.84. The van der Waals surface area contributed by atoms with E-state index in [1.165, 1.54) is 0 Å². The standard InChI is InChI=1S/C10H18O/c1-5-6-7-10(3,4)8-9(2)11/h5-6H,7-8H2,1-4H3/b6-5-. The van der Waals surface area contributed by atoms with E-state index in [1.807, 2.05) is 13.0 Å². The predicted molar refractivity (Wildman–Crippen MR) is 48.5 cm³/mol. The zero-order valence-corrected chi connectivity index (χ0v) is 7.98. The average molecular weight is 154 g/mol. The van der Waals surface area contributed by atoms with Crippen LogP contribution in [-0.2, 0) is 4.79 Å². The highest BCUT2D eigenvalue weighted by Crippen LogP contribution is 2.25. The zero-order chi connectivity index (χ0) is 8.91. The number of hydrogen-bond acceptors (Lipinski definition) is 1. The van der Waals surface area contributed by atoms with Gasteiger partial charge in [-0.1, -0.05) is 26.0 Å². The summed E-state index contributed by atoms with van der Waals surface area (Å²) in [6, 6.07) is 0. The maximum Gasteiger partial charge on any atom is 0.130 e. The number of carbonyl (C=O) groups is 1. The zero-order valence-electron chi connectivity index (χ0n) is 7.98. The van der Waals surface area contributed by atoms with Gasteiger partial charge >= 0.3 is 0 Å². The quantitative estimate of drug-likeness (QED) is 0.569. The molecule has 0 radical (unpaired) electrons. The van der Waals surface area contributed by atoms with Gasteiger partial charge in [-0.15, -0.1) is 0 Å². The fraction of sp³-hybridized carbons (Fsp3) is 0.700. The fourth-order valence-electron chi connectivity index (χ4n) is 1.18. The van der Waals surface area contributed by atoms with Gasteiger partial charge in [-0.05, 0) is 25.7 Å². The minimum absolute atomic E-state index is 0.137. The molecule has 0 N–H and O–H groups in total. The van der Waals surface area contributed by atoms with Crippen LogP contribution in [0.1, 0.15) is 40.5 Å². The SMILES string of the molecule is C/C=C\CC(C)(C)CC(C)=O. The first-order chi connectivity index (χ1) is 4.98. The van der Waals surface area contributed by atoms with E-state index in [2.05, 4.69) is 19.9 Å². The van der Waals surface area contributed by atoms with Crippen molar-refractivity contribution in [3.05, 3.63) is 12.2 Å². The Morgan fingerprint density at radius 2 is 2.00 bits per heavy atom. The summed E-state index contributed by atoms with van der Waals surface area (Å²) in [7, 11) is 0. The van der Waals surface area contributed by atoms with Crippen molar-refractivity contribution in [2.75, 3.05) is 0 Å². The second-order valence-corrected chi connectivity index (χ2v) is 3.82. The van der Waals surface area contributed by atoms with Crippen molar-refractivity contribution in [1.82, 2.24) is 0 Å². The van der Waals surface area contributed by atoms with Gasteiger partial charge in [0.05, 0.1) is 0 Å². The summed E-state index contributed by atoms with van der Waals surface area (Å²) in [5.41, 5.74) is 0.137. The Hall–Kier alpha value is -0.590. The Bertz CT molecular complexity index is 154. The van der Waals surface area contributed by atoms with Crippen molar-refractivity contribution in [1.29, 1.82) is 0 Å². The number of carbonyl (C=O) groups excluding carboxylic acids is 1. The van der Waals surface area contributed by atoms with E-state index in [1.54, 1.807) is 6.92 Å². The molecule has 0 aromatic rings. The molecular formula is C10H18O. The summed E-state index contributed by atoms with van der Waals surface area (Å²) in [4.78, 5) is 10.8. The molecule has 0 atom stereocenters. The summed E-state index contributed by atoms with van der Waals surface area (Å²) in [5.74, 6) is 0.277. The van der Waals surface area contributed by atoms with Crippen molar-refractivity contribution >= 4 is 5.78 Å². The van der Waals surface area contributed by atoms with E-state index in [4.69, 9.17) is 0 Å². The molecule has 0 aliphatic heterocycles. The summed E-state index contributed by atoms with van der Waals surface area (Å²) < 4.78 is 0. The van der Waals surface area contributed by atoms with Crippen LogP contribution in [0.25, 0.3) is 0 Å². The normalized spacial score (nSPS) is 12.4. The van der Waals surface area contributed by atoms with Gasteiger partial charge in [-0.25, -0.2) is 0 Å². The minimum atomic E-state index is 0.137. The molecule has 0 bridgehead atoms. The topological polar surface area (TPSA) is 17.1 Å². The lowest BCUT2D eigenvalue weighted by Crippen LogP contribution is -2.14. The maximum atomic E-state index is 10.8. The molecular weight excluding hydrogens is 136 g/mol. The van der Waals surface area contributed by atoms with Gasteiger partial charge in [0.2, 0.25) is 0 Å². The molecule has 0 amide bonds. The van der Waals surface area contributed by atoms with Crippen LogP contribution < -0.4 is 0 Å². The van der Waals surface area contributed by atoms with E-state index in [9.17, 15) is 4.79 Å². The minimum Gasteiger partial charge on any atom is -0.300 e. The molecule has 0 aromatic heterocycles. The highest BCUT2D eigenvalue weighted by Gasteiger charge is 2.17. The molecule has 11 heavy (non-hydrogen) atoms. The number of allylic oxidation sites excluding steroid dienone is 2. The molecule has 0 fully saturated rings. The van der Waals surface area contributed by atoms with Crippen LogP contribution in [0.4, 0.5) is 0 Å². The van der Waals surface area contributed by atoms with Crippen LogP contribution in [0.5, 0.6) is 0 Å². The van der Waals surface area contributed by atoms with Gasteiger partial charge in [-0.3, -0.25) is 0 Å². The molecule has 0 rings (SSSR count). The maximum absolute atomic E-state index is 10.8. The van der Waals surface area contributed by atoms with E-state index >= 15 is 0 Å². The number of Topliss-reactive ketones (excluding diaryl/α,β-unsaturated/α-hetero) is 1. The van der Waals surface area contributed by atoms with Crippen molar-refractivity contribution in [3.63, 3.8) is 0 Å². The molecule has 0 saturated heterocycles. The molecule has 0 unspecified atom stereocenters. The van der Waals surface area contributed by atoms with Crippen LogP contribution in [0.2, 0.25) is 0 Å². The van der Waals surface area contributed by atoms with E-state index in [0.717, 1.165) is 6.42 Å². The second kappa shape index (κ2) is 4.32.